The van der Waals surface area contributed by atoms with Crippen molar-refractivity contribution in [3.63, 3.8) is 0 Å². The quantitative estimate of drug-likeness (QED) is 0.149. The lowest BCUT2D eigenvalue weighted by molar-refractivity contribution is -0.135. The Bertz CT molecular complexity index is 1390. The normalized spacial score (nSPS) is 15.2. The van der Waals surface area contributed by atoms with Gasteiger partial charge < -0.3 is 9.47 Å². The summed E-state index contributed by atoms with van der Waals surface area (Å²) in [6.07, 6.45) is 0.495. The van der Waals surface area contributed by atoms with E-state index in [4.69, 9.17) is 18.6 Å². The molecule has 2 heterocycles. The third-order valence-electron chi connectivity index (χ3n) is 4.73. The van der Waals surface area contributed by atoms with E-state index in [0.717, 1.165) is 15.8 Å². The molecule has 37 heavy (non-hydrogen) atoms. The van der Waals surface area contributed by atoms with Gasteiger partial charge in [0.1, 0.15) is 0 Å². The Morgan fingerprint density at radius 3 is 2.03 bits per heavy atom. The molecule has 1 aromatic heterocycles. The average molecular weight is 567 g/mol. The number of aromatic amines is 1. The summed E-state index contributed by atoms with van der Waals surface area (Å²) in [5.41, 5.74) is -2.60. The first-order valence-electron chi connectivity index (χ1n) is 10.9. The van der Waals surface area contributed by atoms with Crippen LogP contribution in [-0.4, -0.2) is 95.6 Å². The van der Waals surface area contributed by atoms with E-state index in [1.807, 2.05) is 0 Å². The molecule has 1 amide bonds. The maximum Gasteiger partial charge on any atom is 0.359 e. The predicted octanol–water partition coefficient (Wildman–Crippen LogP) is -0.946. The molecule has 0 radical (unpaired) electrons. The zero-order valence-electron chi connectivity index (χ0n) is 19.9. The van der Waals surface area contributed by atoms with Gasteiger partial charge in [-0.05, 0) is 32.8 Å². The second-order valence-corrected chi connectivity index (χ2v) is 10.7. The number of amides is 1. The van der Waals surface area contributed by atoms with Crippen LogP contribution in [0.15, 0.2) is 15.5 Å². The number of nitrogens with one attached hydrogen (secondary N) is 1. The van der Waals surface area contributed by atoms with Gasteiger partial charge in [0.25, 0.3) is 31.7 Å². The predicted molar refractivity (Wildman–Crippen MR) is 127 cm³/mol. The molecule has 0 saturated heterocycles. The van der Waals surface area contributed by atoms with Crippen molar-refractivity contribution >= 4 is 49.9 Å². The van der Waals surface area contributed by atoms with E-state index in [1.54, 1.807) is 0 Å². The van der Waals surface area contributed by atoms with Crippen molar-refractivity contribution in [2.24, 2.45) is 5.10 Å². The lowest BCUT2D eigenvalue weighted by Crippen LogP contribution is -2.26. The first kappa shape index (κ1) is 29.9. The highest BCUT2D eigenvalue weighted by atomic mass is 32.2. The van der Waals surface area contributed by atoms with Gasteiger partial charge >= 0.3 is 11.9 Å². The van der Waals surface area contributed by atoms with Crippen molar-refractivity contribution in [2.75, 3.05) is 31.3 Å². The van der Waals surface area contributed by atoms with Gasteiger partial charge in [0.05, 0.1) is 35.9 Å². The summed E-state index contributed by atoms with van der Waals surface area (Å²) in [5.74, 6) is -4.27. The van der Waals surface area contributed by atoms with Crippen LogP contribution in [0.4, 0.5) is 0 Å². The van der Waals surface area contributed by atoms with Gasteiger partial charge in [-0.1, -0.05) is 0 Å². The van der Waals surface area contributed by atoms with E-state index >= 15 is 0 Å². The zero-order valence-corrected chi connectivity index (χ0v) is 21.5. The number of ether oxygens (including phenoxy) is 2. The van der Waals surface area contributed by atoms with E-state index in [-0.39, 0.29) is 39.1 Å². The van der Waals surface area contributed by atoms with Crippen molar-refractivity contribution in [3.8, 4) is 0 Å². The highest BCUT2D eigenvalue weighted by Crippen LogP contribution is 2.21. The number of hydrazone groups is 1. The van der Waals surface area contributed by atoms with E-state index in [1.165, 1.54) is 13.8 Å². The molecule has 0 aromatic carbocycles. The minimum Gasteiger partial charge on any atom is -0.461 e. The summed E-state index contributed by atoms with van der Waals surface area (Å²) in [7, 11) is -8.63. The standard InChI is InChI=1S/C19H26N4O12S2/c1-3-34-18(26)14-12(16(24)22(20-14)7-5-9-36(28,29)30)11-13-15(19(27)35-4-2)21-23(17(13)25)8-6-10-37(31,32)33/h11,20H,3-10H2,1-2H3,(H,28,29,30)(H,31,32,33)/b13-11-. The third kappa shape index (κ3) is 8.34. The molecule has 206 valence electrons. The van der Waals surface area contributed by atoms with Gasteiger partial charge in [-0.2, -0.15) is 21.9 Å². The molecule has 0 unspecified atom stereocenters. The first-order chi connectivity index (χ1) is 17.2. The second-order valence-electron chi connectivity index (χ2n) is 7.51. The molecule has 16 nitrogen and oxygen atoms in total. The summed E-state index contributed by atoms with van der Waals surface area (Å²) in [6.45, 7) is 2.29. The Hall–Kier alpha value is -3.35. The average Bonchev–Trinajstić information content (AvgIpc) is 3.25. The van der Waals surface area contributed by atoms with Crippen molar-refractivity contribution in [1.29, 1.82) is 0 Å². The van der Waals surface area contributed by atoms with Gasteiger partial charge in [0, 0.05) is 13.1 Å². The molecule has 0 spiro atoms. The fraction of sp³-hybridized carbons (Fsp3) is 0.526. The summed E-state index contributed by atoms with van der Waals surface area (Å²) in [4.78, 5) is 50.9. The van der Waals surface area contributed by atoms with Crippen LogP contribution in [0.3, 0.4) is 0 Å². The molecule has 1 aliphatic rings. The van der Waals surface area contributed by atoms with Crippen LogP contribution in [0, 0.1) is 0 Å². The maximum absolute atomic E-state index is 13.0. The fourth-order valence-electron chi connectivity index (χ4n) is 3.19. The summed E-state index contributed by atoms with van der Waals surface area (Å²) < 4.78 is 72.4. The van der Waals surface area contributed by atoms with Gasteiger partial charge in [-0.15, -0.1) is 0 Å². The van der Waals surface area contributed by atoms with Gasteiger partial charge in [0.15, 0.2) is 11.4 Å². The van der Waals surface area contributed by atoms with Crippen LogP contribution in [-0.2, 0) is 45.8 Å². The van der Waals surface area contributed by atoms with Crippen molar-refractivity contribution in [2.45, 2.75) is 33.2 Å². The number of carbonyl (C=O) groups excluding carboxylic acids is 3. The zero-order chi connectivity index (χ0) is 28.0. The largest absolute Gasteiger partial charge is 0.461 e. The Labute approximate surface area is 211 Å². The monoisotopic (exact) mass is 566 g/mol. The molecule has 3 N–H and O–H groups in total. The number of hydrogen-bond acceptors (Lipinski definition) is 11. The molecule has 2 rings (SSSR count). The number of aromatic nitrogens is 2. The SMILES string of the molecule is CCOC(=O)C1=NN(CCCS(=O)(=O)O)C(=O)/C1=C\c1c(C(=O)OCC)[nH]n(CCCS(=O)(=O)O)c1=O. The summed E-state index contributed by atoms with van der Waals surface area (Å²) in [5, 5.41) is 7.09. The molecule has 0 fully saturated rings. The van der Waals surface area contributed by atoms with Gasteiger partial charge in [0.2, 0.25) is 0 Å². The molecular formula is C19H26N4O12S2. The van der Waals surface area contributed by atoms with Crippen molar-refractivity contribution in [1.82, 2.24) is 14.8 Å². The summed E-state index contributed by atoms with van der Waals surface area (Å²) in [6, 6.07) is 0. The number of nitrogens with zero attached hydrogens (tertiary/aromatic N) is 3. The van der Waals surface area contributed by atoms with E-state index in [9.17, 15) is 36.0 Å². The first-order valence-corrected chi connectivity index (χ1v) is 14.1. The van der Waals surface area contributed by atoms with Crippen molar-refractivity contribution in [3.05, 3.63) is 27.2 Å². The lowest BCUT2D eigenvalue weighted by atomic mass is 10.1. The van der Waals surface area contributed by atoms with Gasteiger partial charge in [-0.3, -0.25) is 28.5 Å². The van der Waals surface area contributed by atoms with Crippen LogP contribution >= 0.6 is 0 Å². The third-order valence-corrected chi connectivity index (χ3v) is 6.33. The lowest BCUT2D eigenvalue weighted by Gasteiger charge is -2.10. The molecule has 1 aliphatic heterocycles. The Kier molecular flexibility index (Phi) is 9.90. The minimum atomic E-state index is -4.32. The van der Waals surface area contributed by atoms with Crippen LogP contribution in [0.5, 0.6) is 0 Å². The Morgan fingerprint density at radius 2 is 1.49 bits per heavy atom. The molecule has 0 saturated carbocycles. The smallest absolute Gasteiger partial charge is 0.359 e. The van der Waals surface area contributed by atoms with E-state index in [2.05, 4.69) is 10.2 Å². The highest BCUT2D eigenvalue weighted by molar-refractivity contribution is 7.86. The number of carbonyl (C=O) groups is 3. The molecule has 0 aliphatic carbocycles. The van der Waals surface area contributed by atoms with E-state index < -0.39 is 77.7 Å². The Balaban J connectivity index is 2.52. The van der Waals surface area contributed by atoms with Crippen LogP contribution in [0.2, 0.25) is 0 Å². The molecule has 18 heteroatoms. The fourth-order valence-corrected chi connectivity index (χ4v) is 4.17. The molecule has 1 aromatic rings. The molecular weight excluding hydrogens is 540 g/mol. The maximum atomic E-state index is 13.0. The van der Waals surface area contributed by atoms with Gasteiger partial charge in [-0.25, -0.2) is 14.6 Å². The number of esters is 2. The molecule has 0 atom stereocenters. The summed E-state index contributed by atoms with van der Waals surface area (Å²) >= 11 is 0. The van der Waals surface area contributed by atoms with E-state index in [0.29, 0.717) is 0 Å². The number of rotatable bonds is 13. The number of hydrogen-bond donors (Lipinski definition) is 3. The van der Waals surface area contributed by atoms with Crippen LogP contribution in [0.1, 0.15) is 42.7 Å². The Morgan fingerprint density at radius 1 is 0.946 bits per heavy atom. The highest BCUT2D eigenvalue weighted by Gasteiger charge is 2.36. The van der Waals surface area contributed by atoms with Crippen LogP contribution in [0.25, 0.3) is 6.08 Å². The molecule has 0 bridgehead atoms. The van der Waals surface area contributed by atoms with Crippen LogP contribution < -0.4 is 5.56 Å². The number of aryl methyl sites for hydroxylation is 1. The minimum absolute atomic E-state index is 0.0686. The number of H-pyrrole nitrogens is 1. The van der Waals surface area contributed by atoms with Crippen molar-refractivity contribution < 1.29 is 49.8 Å². The second kappa shape index (κ2) is 12.3. The topological polar surface area (TPSA) is 232 Å².